The van der Waals surface area contributed by atoms with Gasteiger partial charge in [0.05, 0.1) is 18.9 Å². The highest BCUT2D eigenvalue weighted by Crippen LogP contribution is 2.36. The van der Waals surface area contributed by atoms with Crippen LogP contribution in [-0.4, -0.2) is 26.0 Å². The highest BCUT2D eigenvalue weighted by molar-refractivity contribution is 9.10. The normalized spacial score (nSPS) is 12.5. The number of ether oxygens (including phenoxy) is 3. The van der Waals surface area contributed by atoms with Gasteiger partial charge >= 0.3 is 0 Å². The molecule has 1 heterocycles. The van der Waals surface area contributed by atoms with Crippen LogP contribution in [0.2, 0.25) is 0 Å². The Kier molecular flexibility index (Phi) is 4.68. The molecule has 1 aliphatic heterocycles. The van der Waals surface area contributed by atoms with E-state index in [0.717, 1.165) is 20.8 Å². The van der Waals surface area contributed by atoms with E-state index in [-0.39, 0.29) is 12.7 Å². The molecule has 0 fully saturated rings. The molecule has 0 saturated heterocycles. The molecular formula is C20H15BrN2O4. The topological polar surface area (TPSA) is 69.2 Å². The molecule has 0 spiro atoms. The Labute approximate surface area is 163 Å². The number of amides is 1. The van der Waals surface area contributed by atoms with E-state index in [1.165, 1.54) is 13.3 Å². The number of benzene rings is 3. The summed E-state index contributed by atoms with van der Waals surface area (Å²) in [6.07, 6.45) is 1.54. The van der Waals surface area contributed by atoms with Crippen molar-refractivity contribution in [3.63, 3.8) is 0 Å². The van der Waals surface area contributed by atoms with E-state index >= 15 is 0 Å². The zero-order chi connectivity index (χ0) is 18.8. The lowest BCUT2D eigenvalue weighted by atomic mass is 10.1. The molecule has 27 heavy (non-hydrogen) atoms. The average molecular weight is 427 g/mol. The smallest absolute Gasteiger partial charge is 0.275 e. The van der Waals surface area contributed by atoms with Crippen molar-refractivity contribution in [2.75, 3.05) is 13.9 Å². The fourth-order valence-corrected chi connectivity index (χ4v) is 3.24. The average Bonchev–Trinajstić information content (AvgIpc) is 3.14. The summed E-state index contributed by atoms with van der Waals surface area (Å²) in [5, 5.41) is 6.00. The third kappa shape index (κ3) is 3.46. The van der Waals surface area contributed by atoms with E-state index in [4.69, 9.17) is 14.2 Å². The molecule has 136 valence electrons. The summed E-state index contributed by atoms with van der Waals surface area (Å²) in [7, 11) is 1.54. The summed E-state index contributed by atoms with van der Waals surface area (Å²) < 4.78 is 16.8. The van der Waals surface area contributed by atoms with Crippen LogP contribution in [0.15, 0.2) is 58.1 Å². The zero-order valence-electron chi connectivity index (χ0n) is 14.4. The molecule has 0 saturated carbocycles. The second kappa shape index (κ2) is 7.28. The third-order valence-corrected chi connectivity index (χ3v) is 4.86. The minimum atomic E-state index is -0.356. The molecule has 7 heteroatoms. The van der Waals surface area contributed by atoms with Gasteiger partial charge in [-0.25, -0.2) is 5.43 Å². The van der Waals surface area contributed by atoms with Crippen molar-refractivity contribution in [1.82, 2.24) is 5.43 Å². The molecule has 0 unspecified atom stereocenters. The lowest BCUT2D eigenvalue weighted by Crippen LogP contribution is -2.18. The van der Waals surface area contributed by atoms with Crippen molar-refractivity contribution in [1.29, 1.82) is 0 Å². The molecule has 0 radical (unpaired) electrons. The first kappa shape index (κ1) is 17.4. The molecule has 0 bridgehead atoms. The first-order chi connectivity index (χ1) is 13.2. The Morgan fingerprint density at radius 3 is 2.59 bits per heavy atom. The van der Waals surface area contributed by atoms with Crippen LogP contribution in [0.1, 0.15) is 15.9 Å². The quantitative estimate of drug-likeness (QED) is 0.503. The van der Waals surface area contributed by atoms with Gasteiger partial charge in [-0.05, 0) is 51.0 Å². The van der Waals surface area contributed by atoms with Gasteiger partial charge in [0.15, 0.2) is 11.5 Å². The van der Waals surface area contributed by atoms with Crippen LogP contribution in [0.3, 0.4) is 0 Å². The number of nitrogens with zero attached hydrogens (tertiary/aromatic N) is 1. The number of halogens is 1. The van der Waals surface area contributed by atoms with Gasteiger partial charge < -0.3 is 14.2 Å². The van der Waals surface area contributed by atoms with E-state index in [2.05, 4.69) is 26.5 Å². The number of hydrazone groups is 1. The van der Waals surface area contributed by atoms with Crippen LogP contribution in [0.5, 0.6) is 17.2 Å². The van der Waals surface area contributed by atoms with Gasteiger partial charge in [0.25, 0.3) is 5.91 Å². The molecule has 3 aromatic rings. The van der Waals surface area contributed by atoms with E-state index in [0.29, 0.717) is 22.8 Å². The van der Waals surface area contributed by atoms with Crippen molar-refractivity contribution < 1.29 is 19.0 Å². The standard InChI is InChI=1S/C20H15BrN2O4/c1-25-17-7-13-5-3-2-4-12(13)6-15(17)20(24)23-22-10-14-8-18-19(9-16(14)21)27-11-26-18/h2-10H,11H2,1H3,(H,23,24)/b22-10+. The second-order valence-corrected chi connectivity index (χ2v) is 6.68. The number of fused-ring (bicyclic) bond motifs is 2. The van der Waals surface area contributed by atoms with Gasteiger partial charge in [-0.3, -0.25) is 4.79 Å². The van der Waals surface area contributed by atoms with Gasteiger partial charge in [0, 0.05) is 10.0 Å². The summed E-state index contributed by atoms with van der Waals surface area (Å²) >= 11 is 3.45. The minimum Gasteiger partial charge on any atom is -0.496 e. The number of carbonyl (C=O) groups excluding carboxylic acids is 1. The molecule has 1 aliphatic rings. The van der Waals surface area contributed by atoms with Crippen molar-refractivity contribution in [3.8, 4) is 17.2 Å². The summed E-state index contributed by atoms with van der Waals surface area (Å²) in [6, 6.07) is 15.0. The van der Waals surface area contributed by atoms with Crippen molar-refractivity contribution in [2.24, 2.45) is 5.10 Å². The van der Waals surface area contributed by atoms with E-state index in [1.54, 1.807) is 18.2 Å². The van der Waals surface area contributed by atoms with Crippen LogP contribution < -0.4 is 19.6 Å². The first-order valence-corrected chi connectivity index (χ1v) is 8.94. The van der Waals surface area contributed by atoms with Crippen LogP contribution in [0, 0.1) is 0 Å². The van der Waals surface area contributed by atoms with Crippen molar-refractivity contribution in [3.05, 3.63) is 64.1 Å². The van der Waals surface area contributed by atoms with E-state index < -0.39 is 0 Å². The number of hydrogen-bond donors (Lipinski definition) is 1. The maximum atomic E-state index is 12.6. The van der Waals surface area contributed by atoms with Crippen LogP contribution in [0.4, 0.5) is 0 Å². The van der Waals surface area contributed by atoms with Gasteiger partial charge in [-0.15, -0.1) is 0 Å². The lowest BCUT2D eigenvalue weighted by Gasteiger charge is -2.09. The summed E-state index contributed by atoms with van der Waals surface area (Å²) in [5.41, 5.74) is 3.71. The number of nitrogens with one attached hydrogen (secondary N) is 1. The van der Waals surface area contributed by atoms with Gasteiger partial charge in [-0.2, -0.15) is 5.10 Å². The maximum absolute atomic E-state index is 12.6. The monoisotopic (exact) mass is 426 g/mol. The first-order valence-electron chi connectivity index (χ1n) is 8.15. The second-order valence-electron chi connectivity index (χ2n) is 5.83. The number of carbonyl (C=O) groups is 1. The zero-order valence-corrected chi connectivity index (χ0v) is 15.9. The molecular weight excluding hydrogens is 412 g/mol. The van der Waals surface area contributed by atoms with Crippen molar-refractivity contribution in [2.45, 2.75) is 0 Å². The Hall–Kier alpha value is -3.06. The van der Waals surface area contributed by atoms with E-state index in [1.807, 2.05) is 30.3 Å². The number of hydrogen-bond acceptors (Lipinski definition) is 5. The highest BCUT2D eigenvalue weighted by atomic mass is 79.9. The summed E-state index contributed by atoms with van der Waals surface area (Å²) in [4.78, 5) is 12.6. The fourth-order valence-electron chi connectivity index (χ4n) is 2.82. The molecule has 1 amide bonds. The van der Waals surface area contributed by atoms with Gasteiger partial charge in [0.2, 0.25) is 6.79 Å². The maximum Gasteiger partial charge on any atom is 0.275 e. The molecule has 0 aliphatic carbocycles. The molecule has 6 nitrogen and oxygen atoms in total. The summed E-state index contributed by atoms with van der Waals surface area (Å²) in [6.45, 7) is 0.195. The number of methoxy groups -OCH3 is 1. The van der Waals surface area contributed by atoms with Crippen LogP contribution >= 0.6 is 15.9 Å². The number of rotatable bonds is 4. The SMILES string of the molecule is COc1cc2ccccc2cc1C(=O)N/N=C/c1cc2c(cc1Br)OCO2. The van der Waals surface area contributed by atoms with Crippen molar-refractivity contribution >= 4 is 38.8 Å². The molecule has 4 rings (SSSR count). The Morgan fingerprint density at radius 2 is 1.85 bits per heavy atom. The van der Waals surface area contributed by atoms with Crippen LogP contribution in [-0.2, 0) is 0 Å². The molecule has 3 aromatic carbocycles. The predicted octanol–water partition coefficient (Wildman–Crippen LogP) is 4.10. The molecule has 0 atom stereocenters. The summed E-state index contributed by atoms with van der Waals surface area (Å²) in [5.74, 6) is 1.45. The predicted molar refractivity (Wildman–Crippen MR) is 106 cm³/mol. The Bertz CT molecular complexity index is 1070. The van der Waals surface area contributed by atoms with Gasteiger partial charge in [0.1, 0.15) is 5.75 Å². The Balaban J connectivity index is 1.56. The Morgan fingerprint density at radius 1 is 1.15 bits per heavy atom. The third-order valence-electron chi connectivity index (χ3n) is 4.17. The van der Waals surface area contributed by atoms with Crippen LogP contribution in [0.25, 0.3) is 10.8 Å². The lowest BCUT2D eigenvalue weighted by molar-refractivity contribution is 0.0952. The molecule has 1 N–H and O–H groups in total. The fraction of sp³-hybridized carbons (Fsp3) is 0.100. The molecule has 0 aromatic heterocycles. The highest BCUT2D eigenvalue weighted by Gasteiger charge is 2.16. The van der Waals surface area contributed by atoms with E-state index in [9.17, 15) is 4.79 Å². The largest absolute Gasteiger partial charge is 0.496 e. The van der Waals surface area contributed by atoms with Gasteiger partial charge in [-0.1, -0.05) is 24.3 Å². The minimum absolute atomic E-state index is 0.195.